The van der Waals surface area contributed by atoms with Crippen molar-refractivity contribution in [1.82, 2.24) is 0 Å². The molecule has 1 saturated heterocycles. The quantitative estimate of drug-likeness (QED) is 0.668. The minimum Gasteiger partial charge on any atom is -0.369 e. The Morgan fingerprint density at radius 2 is 1.75 bits per heavy atom. The van der Waals surface area contributed by atoms with Crippen LogP contribution >= 0.6 is 0 Å². The van der Waals surface area contributed by atoms with Crippen molar-refractivity contribution in [3.63, 3.8) is 0 Å². The predicted octanol–water partition coefficient (Wildman–Crippen LogP) is 4.90. The second-order valence-corrected chi connectivity index (χ2v) is 9.14. The molecule has 0 bridgehead atoms. The Bertz CT molecular complexity index is 391. The largest absolute Gasteiger partial charge is 0.369 e. The normalized spacial score (nSPS) is 61.2. The van der Waals surface area contributed by atoms with Crippen molar-refractivity contribution in [2.75, 3.05) is 6.61 Å². The summed E-state index contributed by atoms with van der Waals surface area (Å²) in [5.41, 5.74) is 0.938. The van der Waals surface area contributed by atoms with Gasteiger partial charge in [-0.2, -0.15) is 0 Å². The molecule has 2 unspecified atom stereocenters. The number of rotatable bonds is 3. The molecule has 4 aliphatic rings. The molecule has 3 saturated carbocycles. The van der Waals surface area contributed by atoms with Crippen LogP contribution in [0.4, 0.5) is 0 Å². The lowest BCUT2D eigenvalue weighted by Crippen LogP contribution is -2.51. The van der Waals surface area contributed by atoms with E-state index in [1.165, 1.54) is 38.5 Å². The summed E-state index contributed by atoms with van der Waals surface area (Å²) < 4.78 is 6.03. The second kappa shape index (κ2) is 4.24. The Morgan fingerprint density at radius 1 is 1.05 bits per heavy atom. The lowest BCUT2D eigenvalue weighted by Gasteiger charge is -2.56. The van der Waals surface area contributed by atoms with Crippen LogP contribution in [0, 0.1) is 40.9 Å². The van der Waals surface area contributed by atoms with Crippen LogP contribution in [-0.4, -0.2) is 12.2 Å². The number of ether oxygens (including phenoxy) is 1. The van der Waals surface area contributed by atoms with Crippen molar-refractivity contribution >= 4 is 0 Å². The van der Waals surface area contributed by atoms with Crippen molar-refractivity contribution in [1.29, 1.82) is 0 Å². The van der Waals surface area contributed by atoms with E-state index in [0.717, 1.165) is 42.1 Å². The van der Waals surface area contributed by atoms with Crippen LogP contribution in [0.2, 0.25) is 0 Å². The molecular weight excluding hydrogens is 244 g/mol. The molecule has 0 radical (unpaired) electrons. The van der Waals surface area contributed by atoms with Crippen molar-refractivity contribution in [2.45, 2.75) is 71.8 Å². The molecule has 1 heterocycles. The van der Waals surface area contributed by atoms with E-state index in [0.29, 0.717) is 11.0 Å². The fraction of sp³-hybridized carbons (Fsp3) is 1.00. The maximum atomic E-state index is 6.03. The third-order valence-corrected chi connectivity index (χ3v) is 8.20. The molecule has 3 aliphatic carbocycles. The zero-order valence-electron chi connectivity index (χ0n) is 13.8. The Hall–Kier alpha value is -0.0400. The van der Waals surface area contributed by atoms with Crippen LogP contribution in [0.25, 0.3) is 0 Å². The summed E-state index contributed by atoms with van der Waals surface area (Å²) in [4.78, 5) is 0. The standard InChI is InChI=1S/C19H32O/c1-12-5-8-19(11-20-19)17(9-12)18(4)7-6-15(18)10-16-13(2)14(16)3/h12-17H,5-11H2,1-4H3/t12-,13-,14?,15-,16?,17-,18+,19+/m1/s1. The van der Waals surface area contributed by atoms with Crippen LogP contribution in [0.5, 0.6) is 0 Å². The average molecular weight is 276 g/mol. The molecule has 1 spiro atoms. The summed E-state index contributed by atoms with van der Waals surface area (Å²) in [6.07, 6.45) is 8.65. The first-order valence-electron chi connectivity index (χ1n) is 9.10. The van der Waals surface area contributed by atoms with Gasteiger partial charge < -0.3 is 4.74 Å². The summed E-state index contributed by atoms with van der Waals surface area (Å²) in [5, 5.41) is 0. The summed E-state index contributed by atoms with van der Waals surface area (Å²) in [7, 11) is 0. The summed E-state index contributed by atoms with van der Waals surface area (Å²) in [5.74, 6) is 5.81. The molecule has 1 heteroatoms. The van der Waals surface area contributed by atoms with E-state index >= 15 is 0 Å². The molecule has 4 fully saturated rings. The molecule has 0 N–H and O–H groups in total. The molecule has 0 aromatic rings. The van der Waals surface area contributed by atoms with E-state index < -0.39 is 0 Å². The number of hydrogen-bond donors (Lipinski definition) is 0. The van der Waals surface area contributed by atoms with Gasteiger partial charge in [-0.3, -0.25) is 0 Å². The molecule has 1 aliphatic heterocycles. The highest BCUT2D eigenvalue weighted by atomic mass is 16.6. The van der Waals surface area contributed by atoms with Gasteiger partial charge in [0, 0.05) is 0 Å². The van der Waals surface area contributed by atoms with Gasteiger partial charge in [0.2, 0.25) is 0 Å². The Balaban J connectivity index is 1.48. The Morgan fingerprint density at radius 3 is 2.25 bits per heavy atom. The van der Waals surface area contributed by atoms with Gasteiger partial charge in [-0.25, -0.2) is 0 Å². The van der Waals surface area contributed by atoms with Gasteiger partial charge in [0.05, 0.1) is 12.2 Å². The molecule has 20 heavy (non-hydrogen) atoms. The highest BCUT2D eigenvalue weighted by molar-refractivity contribution is 5.12. The van der Waals surface area contributed by atoms with Gasteiger partial charge in [-0.1, -0.05) is 27.7 Å². The predicted molar refractivity (Wildman–Crippen MR) is 82.5 cm³/mol. The first kappa shape index (κ1) is 13.6. The van der Waals surface area contributed by atoms with Gasteiger partial charge in [0.1, 0.15) is 0 Å². The third kappa shape index (κ3) is 1.84. The molecule has 114 valence electrons. The monoisotopic (exact) mass is 276 g/mol. The van der Waals surface area contributed by atoms with Crippen LogP contribution in [-0.2, 0) is 4.74 Å². The molecule has 0 amide bonds. The summed E-state index contributed by atoms with van der Waals surface area (Å²) in [6.45, 7) is 11.1. The molecule has 8 atom stereocenters. The van der Waals surface area contributed by atoms with Crippen LogP contribution < -0.4 is 0 Å². The van der Waals surface area contributed by atoms with E-state index in [1.54, 1.807) is 0 Å². The van der Waals surface area contributed by atoms with Gasteiger partial charge in [0.15, 0.2) is 0 Å². The first-order valence-corrected chi connectivity index (χ1v) is 9.10. The summed E-state index contributed by atoms with van der Waals surface area (Å²) >= 11 is 0. The van der Waals surface area contributed by atoms with E-state index in [1.807, 2.05) is 0 Å². The van der Waals surface area contributed by atoms with E-state index in [2.05, 4.69) is 27.7 Å². The zero-order valence-corrected chi connectivity index (χ0v) is 13.8. The zero-order chi connectivity index (χ0) is 14.1. The number of epoxide rings is 1. The lowest BCUT2D eigenvalue weighted by atomic mass is 9.48. The Kier molecular flexibility index (Phi) is 2.89. The fourth-order valence-corrected chi connectivity index (χ4v) is 5.88. The molecule has 4 rings (SSSR count). The van der Waals surface area contributed by atoms with E-state index in [-0.39, 0.29) is 0 Å². The minimum absolute atomic E-state index is 0.334. The maximum absolute atomic E-state index is 6.03. The van der Waals surface area contributed by atoms with Gasteiger partial charge in [0.25, 0.3) is 0 Å². The fourth-order valence-electron chi connectivity index (χ4n) is 5.88. The maximum Gasteiger partial charge on any atom is 0.0950 e. The van der Waals surface area contributed by atoms with Crippen LogP contribution in [0.1, 0.15) is 66.2 Å². The van der Waals surface area contributed by atoms with Crippen LogP contribution in [0.15, 0.2) is 0 Å². The van der Waals surface area contributed by atoms with E-state index in [9.17, 15) is 0 Å². The molecule has 1 nitrogen and oxygen atoms in total. The van der Waals surface area contributed by atoms with Crippen molar-refractivity contribution in [3.05, 3.63) is 0 Å². The third-order valence-electron chi connectivity index (χ3n) is 8.20. The molecule has 0 aromatic heterocycles. The smallest absolute Gasteiger partial charge is 0.0950 e. The summed E-state index contributed by atoms with van der Waals surface area (Å²) in [6, 6.07) is 0. The van der Waals surface area contributed by atoms with Gasteiger partial charge in [-0.15, -0.1) is 0 Å². The lowest BCUT2D eigenvalue weighted by molar-refractivity contribution is -0.0810. The average Bonchev–Trinajstić information content (AvgIpc) is 3.31. The minimum atomic E-state index is 0.334. The van der Waals surface area contributed by atoms with Crippen molar-refractivity contribution < 1.29 is 4.74 Å². The SMILES string of the molecule is CC1C(C[C@H]2CC[C@]2(C)[C@H]2C[C@H](C)CC[C@]23CO3)[C@@H]1C. The number of hydrogen-bond acceptors (Lipinski definition) is 1. The van der Waals surface area contributed by atoms with Gasteiger partial charge >= 0.3 is 0 Å². The highest BCUT2D eigenvalue weighted by Crippen LogP contribution is 2.66. The van der Waals surface area contributed by atoms with E-state index in [4.69, 9.17) is 4.74 Å². The van der Waals surface area contributed by atoms with Crippen molar-refractivity contribution in [2.24, 2.45) is 40.9 Å². The second-order valence-electron chi connectivity index (χ2n) is 9.14. The van der Waals surface area contributed by atoms with Crippen molar-refractivity contribution in [3.8, 4) is 0 Å². The van der Waals surface area contributed by atoms with Gasteiger partial charge in [-0.05, 0) is 79.4 Å². The molecule has 0 aromatic carbocycles. The highest BCUT2D eigenvalue weighted by Gasteiger charge is 2.63. The molecular formula is C19H32O. The van der Waals surface area contributed by atoms with Crippen LogP contribution in [0.3, 0.4) is 0 Å². The topological polar surface area (TPSA) is 12.5 Å². The Labute approximate surface area is 124 Å². The first-order chi connectivity index (χ1) is 9.46.